The van der Waals surface area contributed by atoms with Crippen molar-refractivity contribution >= 4 is 35.2 Å². The van der Waals surface area contributed by atoms with Gasteiger partial charge < -0.3 is 9.47 Å². The summed E-state index contributed by atoms with van der Waals surface area (Å²) in [5.74, 6) is -0.750. The Hall–Kier alpha value is -2.33. The van der Waals surface area contributed by atoms with Gasteiger partial charge in [0.05, 0.1) is 23.0 Å². The smallest absolute Gasteiger partial charge is 0.348 e. The quantitative estimate of drug-likeness (QED) is 0.331. The number of esters is 1. The molecule has 0 aliphatic heterocycles. The molecule has 25 heavy (non-hydrogen) atoms. The van der Waals surface area contributed by atoms with E-state index in [9.17, 15) is 10.1 Å². The summed E-state index contributed by atoms with van der Waals surface area (Å²) in [6, 6.07) is 8.89. The van der Waals surface area contributed by atoms with E-state index >= 15 is 0 Å². The van der Waals surface area contributed by atoms with Crippen molar-refractivity contribution < 1.29 is 14.3 Å². The van der Waals surface area contributed by atoms with Gasteiger partial charge in [0.1, 0.15) is 23.4 Å². The molecule has 1 aromatic heterocycles. The maximum absolute atomic E-state index is 11.9. The van der Waals surface area contributed by atoms with Crippen LogP contribution in [0.15, 0.2) is 29.8 Å². The Bertz CT molecular complexity index is 853. The maximum atomic E-state index is 11.9. The molecule has 2 rings (SSSR count). The molecule has 1 heterocycles. The first-order valence-electron chi connectivity index (χ1n) is 7.27. The number of ether oxygens (including phenoxy) is 2. The van der Waals surface area contributed by atoms with Gasteiger partial charge in [-0.3, -0.25) is 0 Å². The van der Waals surface area contributed by atoms with E-state index in [2.05, 4.69) is 5.10 Å². The van der Waals surface area contributed by atoms with Gasteiger partial charge in [0.15, 0.2) is 0 Å². The fourth-order valence-electron chi connectivity index (χ4n) is 2.03. The number of hydrogen-bond acceptors (Lipinski definition) is 5. The highest BCUT2D eigenvalue weighted by molar-refractivity contribution is 6.33. The molecule has 0 saturated carbocycles. The molecule has 130 valence electrons. The van der Waals surface area contributed by atoms with E-state index in [1.165, 1.54) is 17.9 Å². The van der Waals surface area contributed by atoms with Crippen LogP contribution in [0.1, 0.15) is 11.3 Å². The van der Waals surface area contributed by atoms with Crippen LogP contribution in [-0.2, 0) is 14.3 Å². The van der Waals surface area contributed by atoms with Crippen molar-refractivity contribution in [2.45, 2.75) is 6.92 Å². The van der Waals surface area contributed by atoms with Gasteiger partial charge in [0.25, 0.3) is 0 Å². The Morgan fingerprint density at radius 3 is 2.72 bits per heavy atom. The molecule has 0 aliphatic carbocycles. The van der Waals surface area contributed by atoms with E-state index in [0.29, 0.717) is 22.0 Å². The van der Waals surface area contributed by atoms with Gasteiger partial charge in [0.2, 0.25) is 0 Å². The van der Waals surface area contributed by atoms with Gasteiger partial charge in [0, 0.05) is 12.7 Å². The van der Waals surface area contributed by atoms with Crippen LogP contribution in [0.2, 0.25) is 10.2 Å². The minimum atomic E-state index is -0.750. The van der Waals surface area contributed by atoms with Crippen molar-refractivity contribution in [2.24, 2.45) is 0 Å². The summed E-state index contributed by atoms with van der Waals surface area (Å²) in [6.45, 7) is 2.02. The number of methoxy groups -OCH3 is 1. The Labute approximate surface area is 155 Å². The number of aryl methyl sites for hydroxylation is 1. The molecule has 0 saturated heterocycles. The van der Waals surface area contributed by atoms with Crippen molar-refractivity contribution in [3.05, 3.63) is 51.3 Å². The monoisotopic (exact) mass is 379 g/mol. The van der Waals surface area contributed by atoms with Crippen LogP contribution >= 0.6 is 23.2 Å². The molecule has 0 aliphatic rings. The molecule has 0 fully saturated rings. The predicted molar refractivity (Wildman–Crippen MR) is 94.7 cm³/mol. The van der Waals surface area contributed by atoms with Crippen molar-refractivity contribution in [3.63, 3.8) is 0 Å². The zero-order valence-electron chi connectivity index (χ0n) is 13.6. The van der Waals surface area contributed by atoms with Crippen LogP contribution in [0.3, 0.4) is 0 Å². The Kier molecular flexibility index (Phi) is 6.59. The second-order valence-electron chi connectivity index (χ2n) is 4.95. The highest BCUT2D eigenvalue weighted by Gasteiger charge is 2.18. The van der Waals surface area contributed by atoms with Gasteiger partial charge in [-0.1, -0.05) is 35.3 Å². The molecule has 0 N–H and O–H groups in total. The number of carbonyl (C=O) groups is 1. The Balaban J connectivity index is 2.38. The summed E-state index contributed by atoms with van der Waals surface area (Å²) in [5, 5.41) is 14.3. The number of rotatable bonds is 6. The van der Waals surface area contributed by atoms with Crippen molar-refractivity contribution in [1.82, 2.24) is 9.78 Å². The van der Waals surface area contributed by atoms with Gasteiger partial charge >= 0.3 is 5.97 Å². The highest BCUT2D eigenvalue weighted by atomic mass is 35.5. The average molecular weight is 380 g/mol. The number of para-hydroxylation sites is 1. The predicted octanol–water partition coefficient (Wildman–Crippen LogP) is 3.58. The summed E-state index contributed by atoms with van der Waals surface area (Å²) < 4.78 is 11.2. The summed E-state index contributed by atoms with van der Waals surface area (Å²) >= 11 is 12.6. The first-order chi connectivity index (χ1) is 12.0. The second kappa shape index (κ2) is 8.67. The van der Waals surface area contributed by atoms with Crippen LogP contribution in [0.5, 0.6) is 0 Å². The van der Waals surface area contributed by atoms with Crippen LogP contribution in [-0.4, -0.2) is 36.1 Å². The third-order valence-corrected chi connectivity index (χ3v) is 3.96. The molecule has 2 aromatic rings. The number of aromatic nitrogens is 2. The first kappa shape index (κ1) is 19.0. The van der Waals surface area contributed by atoms with Crippen molar-refractivity contribution in [1.29, 1.82) is 5.26 Å². The fourth-order valence-corrected chi connectivity index (χ4v) is 2.57. The number of hydrogen-bond donors (Lipinski definition) is 0. The van der Waals surface area contributed by atoms with E-state index in [1.54, 1.807) is 31.2 Å². The number of halogens is 2. The topological polar surface area (TPSA) is 77.1 Å². The summed E-state index contributed by atoms with van der Waals surface area (Å²) in [5.41, 5.74) is 1.40. The number of carbonyl (C=O) groups excluding carboxylic acids is 1. The van der Waals surface area contributed by atoms with Crippen LogP contribution < -0.4 is 0 Å². The molecule has 1 aromatic carbocycles. The molecule has 0 atom stereocenters. The lowest BCUT2D eigenvalue weighted by Crippen LogP contribution is -2.11. The van der Waals surface area contributed by atoms with Gasteiger partial charge in [-0.2, -0.15) is 10.4 Å². The zero-order valence-corrected chi connectivity index (χ0v) is 15.1. The SMILES string of the molecule is COCCOC(=O)/C(C#N)=C\c1c(C)nn(-c2ccccc2Cl)c1Cl. The number of nitriles is 1. The molecular formula is C17H15Cl2N3O3. The maximum Gasteiger partial charge on any atom is 0.348 e. The minimum Gasteiger partial charge on any atom is -0.459 e. The molecule has 0 bridgehead atoms. The Morgan fingerprint density at radius 1 is 1.36 bits per heavy atom. The third-order valence-electron chi connectivity index (χ3n) is 3.28. The molecule has 0 amide bonds. The second-order valence-corrected chi connectivity index (χ2v) is 5.72. The van der Waals surface area contributed by atoms with E-state index in [4.69, 9.17) is 32.7 Å². The molecule has 6 nitrogen and oxygen atoms in total. The van der Waals surface area contributed by atoms with E-state index in [-0.39, 0.29) is 23.9 Å². The third kappa shape index (κ3) is 4.40. The molecule has 0 radical (unpaired) electrons. The molecule has 0 unspecified atom stereocenters. The standard InChI is InChI=1S/C17H15Cl2N3O3/c1-11-13(9-12(10-20)17(23)25-8-7-24-2)16(19)22(21-11)15-6-4-3-5-14(15)18/h3-6,9H,7-8H2,1-2H3/b12-9-. The van der Waals surface area contributed by atoms with Crippen LogP contribution in [0.25, 0.3) is 11.8 Å². The number of benzene rings is 1. The largest absolute Gasteiger partial charge is 0.459 e. The van der Waals surface area contributed by atoms with E-state index in [0.717, 1.165) is 0 Å². The Morgan fingerprint density at radius 2 is 2.08 bits per heavy atom. The summed E-state index contributed by atoms with van der Waals surface area (Å²) in [6.07, 6.45) is 1.35. The highest BCUT2D eigenvalue weighted by Crippen LogP contribution is 2.29. The van der Waals surface area contributed by atoms with Gasteiger partial charge in [-0.05, 0) is 25.1 Å². The van der Waals surface area contributed by atoms with Crippen LogP contribution in [0.4, 0.5) is 0 Å². The fraction of sp³-hybridized carbons (Fsp3) is 0.235. The van der Waals surface area contributed by atoms with Gasteiger partial charge in [-0.25, -0.2) is 9.48 Å². The lowest BCUT2D eigenvalue weighted by Gasteiger charge is -2.05. The minimum absolute atomic E-state index is 0.0555. The molecular weight excluding hydrogens is 365 g/mol. The molecule has 0 spiro atoms. The summed E-state index contributed by atoms with van der Waals surface area (Å²) in [4.78, 5) is 11.9. The van der Waals surface area contributed by atoms with E-state index < -0.39 is 5.97 Å². The summed E-state index contributed by atoms with van der Waals surface area (Å²) in [7, 11) is 1.49. The van der Waals surface area contributed by atoms with Crippen LogP contribution in [0, 0.1) is 18.3 Å². The van der Waals surface area contributed by atoms with Crippen molar-refractivity contribution in [2.75, 3.05) is 20.3 Å². The lowest BCUT2D eigenvalue weighted by molar-refractivity contribution is -0.139. The van der Waals surface area contributed by atoms with E-state index in [1.807, 2.05) is 6.07 Å². The van der Waals surface area contributed by atoms with Gasteiger partial charge in [-0.15, -0.1) is 0 Å². The number of nitrogens with zero attached hydrogens (tertiary/aromatic N) is 3. The average Bonchev–Trinajstić information content (AvgIpc) is 2.87. The normalized spacial score (nSPS) is 11.2. The first-order valence-corrected chi connectivity index (χ1v) is 8.03. The zero-order chi connectivity index (χ0) is 18.4. The van der Waals surface area contributed by atoms with Crippen molar-refractivity contribution in [3.8, 4) is 11.8 Å². The molecule has 8 heteroatoms. The lowest BCUT2D eigenvalue weighted by atomic mass is 10.1.